The fourth-order valence-electron chi connectivity index (χ4n) is 1.97. The second kappa shape index (κ2) is 8.70. The van der Waals surface area contributed by atoms with E-state index in [1.165, 1.54) is 0 Å². The minimum atomic E-state index is 0.269. The number of anilines is 1. The molecule has 114 valence electrons. The molecule has 0 bridgehead atoms. The first-order valence-corrected chi connectivity index (χ1v) is 7.20. The first kappa shape index (κ1) is 17.5. The lowest BCUT2D eigenvalue weighted by Crippen LogP contribution is -2.38. The lowest BCUT2D eigenvalue weighted by Gasteiger charge is -2.28. The number of rotatable bonds is 8. The van der Waals surface area contributed by atoms with Gasteiger partial charge < -0.3 is 15.2 Å². The van der Waals surface area contributed by atoms with Gasteiger partial charge >= 0.3 is 0 Å². The van der Waals surface area contributed by atoms with Gasteiger partial charge in [0.25, 0.3) is 0 Å². The number of nitrogens with two attached hydrogens (primary N) is 1. The van der Waals surface area contributed by atoms with Gasteiger partial charge in [-0.1, -0.05) is 23.2 Å². The topological polar surface area (TPSA) is 47.7 Å². The third kappa shape index (κ3) is 5.11. The summed E-state index contributed by atoms with van der Waals surface area (Å²) in [5.74, 6) is 0. The number of benzene rings is 1. The van der Waals surface area contributed by atoms with E-state index in [9.17, 15) is 0 Å². The summed E-state index contributed by atoms with van der Waals surface area (Å²) in [5, 5.41) is 0.970. The summed E-state index contributed by atoms with van der Waals surface area (Å²) < 4.78 is 10.4. The summed E-state index contributed by atoms with van der Waals surface area (Å²) in [4.78, 5) is 2.26. The summed E-state index contributed by atoms with van der Waals surface area (Å²) in [6.45, 7) is 4.94. The van der Waals surface area contributed by atoms with Gasteiger partial charge in [-0.25, -0.2) is 0 Å². The minimum absolute atomic E-state index is 0.269. The Kier molecular flexibility index (Phi) is 7.62. The lowest BCUT2D eigenvalue weighted by atomic mass is 10.1. The molecule has 1 aromatic carbocycles. The normalized spacial score (nSPS) is 12.9. The van der Waals surface area contributed by atoms with Crippen molar-refractivity contribution in [2.75, 3.05) is 39.7 Å². The van der Waals surface area contributed by atoms with Crippen LogP contribution < -0.4 is 5.73 Å². The summed E-state index contributed by atoms with van der Waals surface area (Å²) in [6.07, 6.45) is 0. The molecule has 0 fully saturated rings. The van der Waals surface area contributed by atoms with Crippen LogP contribution in [0.25, 0.3) is 0 Å². The maximum Gasteiger partial charge on any atom is 0.0693 e. The van der Waals surface area contributed by atoms with Gasteiger partial charge in [-0.15, -0.1) is 0 Å². The second-order valence-corrected chi connectivity index (χ2v) is 5.56. The van der Waals surface area contributed by atoms with Gasteiger partial charge in [-0.3, -0.25) is 4.90 Å². The number of hydrogen-bond donors (Lipinski definition) is 1. The third-order valence-corrected chi connectivity index (χ3v) is 3.76. The van der Waals surface area contributed by atoms with Crippen LogP contribution in [0.5, 0.6) is 0 Å². The maximum absolute atomic E-state index is 6.07. The average Bonchev–Trinajstić information content (AvgIpc) is 2.40. The number of nitrogens with zero attached hydrogens (tertiary/aromatic N) is 1. The smallest absolute Gasteiger partial charge is 0.0693 e. The van der Waals surface area contributed by atoms with E-state index >= 15 is 0 Å². The molecule has 1 aromatic rings. The van der Waals surface area contributed by atoms with Crippen LogP contribution in [0, 0.1) is 0 Å². The van der Waals surface area contributed by atoms with Crippen molar-refractivity contribution in [2.45, 2.75) is 19.5 Å². The third-order valence-electron chi connectivity index (χ3n) is 3.14. The van der Waals surface area contributed by atoms with Crippen LogP contribution in [0.4, 0.5) is 5.69 Å². The quantitative estimate of drug-likeness (QED) is 0.748. The van der Waals surface area contributed by atoms with E-state index in [4.69, 9.17) is 38.4 Å². The zero-order valence-electron chi connectivity index (χ0n) is 12.2. The Hall–Kier alpha value is -0.520. The Morgan fingerprint density at radius 2 is 1.80 bits per heavy atom. The average molecular weight is 321 g/mol. The van der Waals surface area contributed by atoms with Crippen molar-refractivity contribution in [3.63, 3.8) is 0 Å². The highest BCUT2D eigenvalue weighted by atomic mass is 35.5. The van der Waals surface area contributed by atoms with Gasteiger partial charge in [0, 0.05) is 33.4 Å². The molecule has 0 aliphatic heterocycles. The van der Waals surface area contributed by atoms with Crippen LogP contribution in [-0.2, 0) is 16.0 Å². The largest absolute Gasteiger partial charge is 0.396 e. The van der Waals surface area contributed by atoms with Crippen molar-refractivity contribution in [1.29, 1.82) is 0 Å². The molecule has 0 saturated carbocycles. The fraction of sp³-hybridized carbons (Fsp3) is 0.571. The Labute approximate surface area is 130 Å². The Morgan fingerprint density at radius 1 is 1.20 bits per heavy atom. The van der Waals surface area contributed by atoms with Crippen LogP contribution >= 0.6 is 23.2 Å². The molecule has 0 aliphatic rings. The van der Waals surface area contributed by atoms with Crippen LogP contribution in [0.15, 0.2) is 12.1 Å². The van der Waals surface area contributed by atoms with E-state index < -0.39 is 0 Å². The lowest BCUT2D eigenvalue weighted by molar-refractivity contribution is 0.0705. The minimum Gasteiger partial charge on any atom is -0.396 e. The van der Waals surface area contributed by atoms with Crippen molar-refractivity contribution in [2.24, 2.45) is 0 Å². The van der Waals surface area contributed by atoms with E-state index in [-0.39, 0.29) is 6.04 Å². The summed E-state index contributed by atoms with van der Waals surface area (Å²) in [7, 11) is 3.39. The molecule has 0 heterocycles. The van der Waals surface area contributed by atoms with E-state index in [1.54, 1.807) is 14.2 Å². The molecule has 0 radical (unpaired) electrons. The van der Waals surface area contributed by atoms with E-state index in [0.717, 1.165) is 12.1 Å². The molecule has 0 saturated heterocycles. The number of hydrogen-bond acceptors (Lipinski definition) is 4. The first-order chi connectivity index (χ1) is 9.49. The summed E-state index contributed by atoms with van der Waals surface area (Å²) in [6, 6.07) is 3.97. The molecule has 1 unspecified atom stereocenters. The van der Waals surface area contributed by atoms with Crippen molar-refractivity contribution in [3.05, 3.63) is 27.7 Å². The van der Waals surface area contributed by atoms with Crippen LogP contribution in [0.3, 0.4) is 0 Å². The molecule has 0 aliphatic carbocycles. The fourth-order valence-corrected chi connectivity index (χ4v) is 2.51. The second-order valence-electron chi connectivity index (χ2n) is 4.74. The van der Waals surface area contributed by atoms with Gasteiger partial charge in [0.1, 0.15) is 0 Å². The monoisotopic (exact) mass is 320 g/mol. The Bertz CT molecular complexity index is 407. The molecule has 1 atom stereocenters. The van der Waals surface area contributed by atoms with E-state index in [2.05, 4.69) is 11.8 Å². The van der Waals surface area contributed by atoms with Gasteiger partial charge in [-0.2, -0.15) is 0 Å². The van der Waals surface area contributed by atoms with E-state index in [1.807, 2.05) is 12.1 Å². The molecule has 0 aromatic heterocycles. The standard InChI is InChI=1S/C14H22Cl2N2O2/c1-10(9-20-3)18(4-5-19-2)8-11-6-12(15)14(17)13(16)7-11/h6-7,10H,4-5,8-9,17H2,1-3H3. The molecule has 0 amide bonds. The number of ether oxygens (including phenoxy) is 2. The predicted molar refractivity (Wildman–Crippen MR) is 84.5 cm³/mol. The highest BCUT2D eigenvalue weighted by molar-refractivity contribution is 6.38. The van der Waals surface area contributed by atoms with Crippen molar-refractivity contribution < 1.29 is 9.47 Å². The summed E-state index contributed by atoms with van der Waals surface area (Å²) >= 11 is 12.1. The van der Waals surface area contributed by atoms with Crippen LogP contribution in [0.2, 0.25) is 10.0 Å². The summed E-state index contributed by atoms with van der Waals surface area (Å²) in [5.41, 5.74) is 7.20. The highest BCUT2D eigenvalue weighted by Gasteiger charge is 2.15. The number of methoxy groups -OCH3 is 2. The maximum atomic E-state index is 6.07. The van der Waals surface area contributed by atoms with Gasteiger partial charge in [0.15, 0.2) is 0 Å². The highest BCUT2D eigenvalue weighted by Crippen LogP contribution is 2.29. The molecule has 2 N–H and O–H groups in total. The zero-order chi connectivity index (χ0) is 15.1. The molecule has 20 heavy (non-hydrogen) atoms. The molecular formula is C14H22Cl2N2O2. The Morgan fingerprint density at radius 3 is 2.30 bits per heavy atom. The Balaban J connectivity index is 2.82. The molecule has 1 rings (SSSR count). The molecule has 6 heteroatoms. The van der Waals surface area contributed by atoms with Crippen molar-refractivity contribution >= 4 is 28.9 Å². The zero-order valence-corrected chi connectivity index (χ0v) is 13.7. The SMILES string of the molecule is COCCN(Cc1cc(Cl)c(N)c(Cl)c1)C(C)COC. The number of nitrogen functional groups attached to an aromatic ring is 1. The van der Waals surface area contributed by atoms with Crippen molar-refractivity contribution in [3.8, 4) is 0 Å². The van der Waals surface area contributed by atoms with Gasteiger partial charge in [0.2, 0.25) is 0 Å². The predicted octanol–water partition coefficient (Wildman–Crippen LogP) is 3.06. The molecule has 0 spiro atoms. The van der Waals surface area contributed by atoms with Crippen LogP contribution in [-0.4, -0.2) is 44.9 Å². The van der Waals surface area contributed by atoms with E-state index in [0.29, 0.717) is 35.5 Å². The van der Waals surface area contributed by atoms with Crippen LogP contribution in [0.1, 0.15) is 12.5 Å². The van der Waals surface area contributed by atoms with Gasteiger partial charge in [0.05, 0.1) is 28.9 Å². The molecular weight excluding hydrogens is 299 g/mol. The van der Waals surface area contributed by atoms with Crippen molar-refractivity contribution in [1.82, 2.24) is 4.90 Å². The van der Waals surface area contributed by atoms with Gasteiger partial charge in [-0.05, 0) is 24.6 Å². The number of halogens is 2. The first-order valence-electron chi connectivity index (χ1n) is 6.44. The molecule has 4 nitrogen and oxygen atoms in total.